The minimum absolute atomic E-state index is 0.809. The van der Waals surface area contributed by atoms with E-state index in [1.807, 2.05) is 12.1 Å². The van der Waals surface area contributed by atoms with E-state index in [4.69, 9.17) is 11.6 Å². The number of piperazine rings is 1. The van der Waals surface area contributed by atoms with Gasteiger partial charge in [-0.2, -0.15) is 0 Å². The molecule has 0 N–H and O–H groups in total. The highest BCUT2D eigenvalue weighted by molar-refractivity contribution is 6.30. The molecule has 0 aromatic heterocycles. The Bertz CT molecular complexity index is 584. The van der Waals surface area contributed by atoms with Crippen molar-refractivity contribution in [3.8, 4) is 0 Å². The molecule has 1 heterocycles. The van der Waals surface area contributed by atoms with Crippen LogP contribution in [0.4, 0.5) is 5.69 Å². The zero-order valence-corrected chi connectivity index (χ0v) is 13.9. The maximum atomic E-state index is 5.94. The van der Waals surface area contributed by atoms with E-state index in [9.17, 15) is 0 Å². The zero-order chi connectivity index (χ0) is 15.4. The van der Waals surface area contributed by atoms with Gasteiger partial charge >= 0.3 is 0 Å². The second kappa shape index (κ2) is 7.17. The molecule has 0 unspecified atom stereocenters. The lowest BCUT2D eigenvalue weighted by Gasteiger charge is -2.36. The lowest BCUT2D eigenvalue weighted by atomic mass is 10.1. The van der Waals surface area contributed by atoms with E-state index in [1.165, 1.54) is 16.8 Å². The molecule has 1 aliphatic heterocycles. The van der Waals surface area contributed by atoms with E-state index < -0.39 is 0 Å². The van der Waals surface area contributed by atoms with E-state index in [-0.39, 0.29) is 0 Å². The van der Waals surface area contributed by atoms with Crippen molar-refractivity contribution in [3.63, 3.8) is 0 Å². The van der Waals surface area contributed by atoms with E-state index >= 15 is 0 Å². The van der Waals surface area contributed by atoms with Crippen LogP contribution in [-0.4, -0.2) is 31.1 Å². The Balaban J connectivity index is 1.54. The van der Waals surface area contributed by atoms with Gasteiger partial charge in [0, 0.05) is 43.4 Å². The van der Waals surface area contributed by atoms with Crippen molar-refractivity contribution in [1.82, 2.24) is 4.90 Å². The summed E-state index contributed by atoms with van der Waals surface area (Å²) in [5.41, 5.74) is 4.10. The SMILES string of the molecule is CCc1ccc(N2CCN(Cc3ccc(Cl)cc3)CC2)cc1. The monoisotopic (exact) mass is 314 g/mol. The average Bonchev–Trinajstić information content (AvgIpc) is 2.58. The fourth-order valence-corrected chi connectivity index (χ4v) is 3.08. The molecule has 2 nitrogen and oxygen atoms in total. The molecule has 3 rings (SSSR count). The lowest BCUT2D eigenvalue weighted by molar-refractivity contribution is 0.250. The first-order chi connectivity index (χ1) is 10.7. The summed E-state index contributed by atoms with van der Waals surface area (Å²) in [6.07, 6.45) is 1.11. The third-order valence-electron chi connectivity index (χ3n) is 4.40. The van der Waals surface area contributed by atoms with Crippen LogP contribution in [0.3, 0.4) is 0 Å². The molecular formula is C19H23ClN2. The summed E-state index contributed by atoms with van der Waals surface area (Å²) in [6, 6.07) is 17.2. The van der Waals surface area contributed by atoms with E-state index in [2.05, 4.69) is 53.1 Å². The molecule has 1 saturated heterocycles. The van der Waals surface area contributed by atoms with Gasteiger partial charge in [-0.25, -0.2) is 0 Å². The molecule has 0 amide bonds. The van der Waals surface area contributed by atoms with Crippen molar-refractivity contribution in [1.29, 1.82) is 0 Å². The molecule has 0 saturated carbocycles. The van der Waals surface area contributed by atoms with Gasteiger partial charge in [0.25, 0.3) is 0 Å². The van der Waals surface area contributed by atoms with Crippen molar-refractivity contribution in [2.45, 2.75) is 19.9 Å². The largest absolute Gasteiger partial charge is 0.369 e. The fourth-order valence-electron chi connectivity index (χ4n) is 2.95. The molecule has 2 aromatic carbocycles. The maximum absolute atomic E-state index is 5.94. The highest BCUT2D eigenvalue weighted by Gasteiger charge is 2.17. The predicted molar refractivity (Wildman–Crippen MR) is 94.8 cm³/mol. The molecule has 116 valence electrons. The van der Waals surface area contributed by atoms with Crippen molar-refractivity contribution in [3.05, 3.63) is 64.7 Å². The summed E-state index contributed by atoms with van der Waals surface area (Å²) in [6.45, 7) is 7.62. The van der Waals surface area contributed by atoms with Gasteiger partial charge in [0.1, 0.15) is 0 Å². The summed E-state index contributed by atoms with van der Waals surface area (Å²) in [4.78, 5) is 5.00. The number of anilines is 1. The first-order valence-electron chi connectivity index (χ1n) is 8.05. The van der Waals surface area contributed by atoms with Crippen LogP contribution < -0.4 is 4.90 Å². The Morgan fingerprint density at radius 2 is 1.41 bits per heavy atom. The van der Waals surface area contributed by atoms with Gasteiger partial charge < -0.3 is 4.90 Å². The van der Waals surface area contributed by atoms with Crippen LogP contribution in [0.15, 0.2) is 48.5 Å². The molecular weight excluding hydrogens is 292 g/mol. The van der Waals surface area contributed by atoms with Crippen molar-refractivity contribution < 1.29 is 0 Å². The minimum Gasteiger partial charge on any atom is -0.369 e. The van der Waals surface area contributed by atoms with Gasteiger partial charge in [0.15, 0.2) is 0 Å². The topological polar surface area (TPSA) is 6.48 Å². The Morgan fingerprint density at radius 1 is 0.818 bits per heavy atom. The minimum atomic E-state index is 0.809. The number of aryl methyl sites for hydroxylation is 1. The van der Waals surface area contributed by atoms with Crippen LogP contribution in [0.2, 0.25) is 5.02 Å². The summed E-state index contributed by atoms with van der Waals surface area (Å²) in [7, 11) is 0. The van der Waals surface area contributed by atoms with Gasteiger partial charge in [0.05, 0.1) is 0 Å². The standard InChI is InChI=1S/C19H23ClN2/c1-2-16-5-9-19(10-6-16)22-13-11-21(12-14-22)15-17-3-7-18(20)8-4-17/h3-10H,2,11-15H2,1H3. The highest BCUT2D eigenvalue weighted by atomic mass is 35.5. The van der Waals surface area contributed by atoms with Crippen LogP contribution >= 0.6 is 11.6 Å². The van der Waals surface area contributed by atoms with Gasteiger partial charge in [0.2, 0.25) is 0 Å². The Kier molecular flexibility index (Phi) is 5.01. The van der Waals surface area contributed by atoms with Crippen LogP contribution in [0.5, 0.6) is 0 Å². The fraction of sp³-hybridized carbons (Fsp3) is 0.368. The molecule has 22 heavy (non-hydrogen) atoms. The van der Waals surface area contributed by atoms with Crippen LogP contribution in [0, 0.1) is 0 Å². The summed E-state index contributed by atoms with van der Waals surface area (Å²) in [5.74, 6) is 0. The van der Waals surface area contributed by atoms with Gasteiger partial charge in [-0.3, -0.25) is 4.90 Å². The van der Waals surface area contributed by atoms with Gasteiger partial charge in [-0.05, 0) is 41.8 Å². The third kappa shape index (κ3) is 3.82. The van der Waals surface area contributed by atoms with E-state index in [1.54, 1.807) is 0 Å². The van der Waals surface area contributed by atoms with Crippen LogP contribution in [0.25, 0.3) is 0 Å². The van der Waals surface area contributed by atoms with Gasteiger partial charge in [-0.1, -0.05) is 42.8 Å². The number of rotatable bonds is 4. The molecule has 0 atom stereocenters. The quantitative estimate of drug-likeness (QED) is 0.833. The van der Waals surface area contributed by atoms with Crippen LogP contribution in [-0.2, 0) is 13.0 Å². The number of benzene rings is 2. The molecule has 0 bridgehead atoms. The second-order valence-corrected chi connectivity index (χ2v) is 6.35. The Hall–Kier alpha value is -1.51. The molecule has 0 aliphatic carbocycles. The Morgan fingerprint density at radius 3 is 2.00 bits per heavy atom. The summed E-state index contributed by atoms with van der Waals surface area (Å²) < 4.78 is 0. The number of hydrogen-bond donors (Lipinski definition) is 0. The molecule has 3 heteroatoms. The van der Waals surface area contributed by atoms with Crippen molar-refractivity contribution in [2.24, 2.45) is 0 Å². The summed E-state index contributed by atoms with van der Waals surface area (Å²) in [5, 5.41) is 0.809. The maximum Gasteiger partial charge on any atom is 0.0406 e. The van der Waals surface area contributed by atoms with Gasteiger partial charge in [-0.15, -0.1) is 0 Å². The predicted octanol–water partition coefficient (Wildman–Crippen LogP) is 4.22. The molecule has 0 spiro atoms. The normalized spacial score (nSPS) is 16.0. The van der Waals surface area contributed by atoms with E-state index in [0.717, 1.165) is 44.2 Å². The third-order valence-corrected chi connectivity index (χ3v) is 4.65. The zero-order valence-electron chi connectivity index (χ0n) is 13.1. The van der Waals surface area contributed by atoms with E-state index in [0.29, 0.717) is 0 Å². The smallest absolute Gasteiger partial charge is 0.0406 e. The highest BCUT2D eigenvalue weighted by Crippen LogP contribution is 2.19. The number of nitrogens with zero attached hydrogens (tertiary/aromatic N) is 2. The molecule has 1 fully saturated rings. The molecule has 1 aliphatic rings. The summed E-state index contributed by atoms with van der Waals surface area (Å²) >= 11 is 5.94. The number of halogens is 1. The first-order valence-corrected chi connectivity index (χ1v) is 8.43. The van der Waals surface area contributed by atoms with Crippen LogP contribution in [0.1, 0.15) is 18.1 Å². The molecule has 0 radical (unpaired) electrons. The number of hydrogen-bond acceptors (Lipinski definition) is 2. The second-order valence-electron chi connectivity index (χ2n) is 5.91. The Labute approximate surface area is 138 Å². The average molecular weight is 315 g/mol. The van der Waals surface area contributed by atoms with Crippen molar-refractivity contribution >= 4 is 17.3 Å². The first kappa shape index (κ1) is 15.4. The molecule has 2 aromatic rings. The van der Waals surface area contributed by atoms with Crippen molar-refractivity contribution in [2.75, 3.05) is 31.1 Å². The lowest BCUT2D eigenvalue weighted by Crippen LogP contribution is -2.45.